The summed E-state index contributed by atoms with van der Waals surface area (Å²) in [6.07, 6.45) is 7.60. The topological polar surface area (TPSA) is 21.3 Å². The second-order valence-electron chi connectivity index (χ2n) is 5.12. The summed E-state index contributed by atoms with van der Waals surface area (Å²) in [7, 11) is 2.03. The minimum atomic E-state index is 0.140. The van der Waals surface area contributed by atoms with Crippen LogP contribution in [-0.2, 0) is 4.74 Å². The third-order valence-corrected chi connectivity index (χ3v) is 3.45. The molecule has 15 heavy (non-hydrogen) atoms. The number of ether oxygens (including phenoxy) is 1. The van der Waals surface area contributed by atoms with E-state index in [1.54, 1.807) is 0 Å². The summed E-state index contributed by atoms with van der Waals surface area (Å²) in [6, 6.07) is 0. The van der Waals surface area contributed by atoms with E-state index in [2.05, 4.69) is 19.2 Å². The molecule has 0 spiro atoms. The minimum absolute atomic E-state index is 0.140. The molecule has 1 fully saturated rings. The Balaban J connectivity index is 2.44. The Labute approximate surface area is 94.8 Å². The van der Waals surface area contributed by atoms with Gasteiger partial charge >= 0.3 is 0 Å². The van der Waals surface area contributed by atoms with Gasteiger partial charge in [-0.15, -0.1) is 0 Å². The molecule has 0 radical (unpaired) electrons. The molecule has 2 heteroatoms. The first-order chi connectivity index (χ1) is 7.22. The van der Waals surface area contributed by atoms with Gasteiger partial charge in [0.15, 0.2) is 0 Å². The molecule has 0 saturated heterocycles. The zero-order valence-corrected chi connectivity index (χ0v) is 10.6. The van der Waals surface area contributed by atoms with Crippen LogP contribution in [0.4, 0.5) is 0 Å². The second kappa shape index (κ2) is 6.49. The van der Waals surface area contributed by atoms with E-state index in [9.17, 15) is 0 Å². The van der Waals surface area contributed by atoms with Crippen LogP contribution in [0.5, 0.6) is 0 Å². The van der Waals surface area contributed by atoms with Crippen LogP contribution in [0.2, 0.25) is 0 Å². The highest BCUT2D eigenvalue weighted by molar-refractivity contribution is 4.88. The highest BCUT2D eigenvalue weighted by atomic mass is 16.5. The van der Waals surface area contributed by atoms with E-state index >= 15 is 0 Å². The smallest absolute Gasteiger partial charge is 0.0808 e. The molecule has 1 saturated carbocycles. The molecule has 2 nitrogen and oxygen atoms in total. The van der Waals surface area contributed by atoms with E-state index in [0.29, 0.717) is 0 Å². The van der Waals surface area contributed by atoms with Gasteiger partial charge in [-0.3, -0.25) is 0 Å². The first-order valence-corrected chi connectivity index (χ1v) is 6.51. The van der Waals surface area contributed by atoms with Gasteiger partial charge in [-0.1, -0.05) is 33.1 Å². The second-order valence-corrected chi connectivity index (χ2v) is 5.12. The van der Waals surface area contributed by atoms with E-state index < -0.39 is 0 Å². The lowest BCUT2D eigenvalue weighted by molar-refractivity contribution is -0.0791. The van der Waals surface area contributed by atoms with Gasteiger partial charge in [0.1, 0.15) is 0 Å². The number of hydrogen-bond acceptors (Lipinski definition) is 2. The van der Waals surface area contributed by atoms with Gasteiger partial charge in [0.2, 0.25) is 0 Å². The summed E-state index contributed by atoms with van der Waals surface area (Å²) in [5, 5.41) is 3.30. The fourth-order valence-electron chi connectivity index (χ4n) is 2.71. The van der Waals surface area contributed by atoms with Crippen molar-refractivity contribution >= 4 is 0 Å². The maximum Gasteiger partial charge on any atom is 0.0808 e. The van der Waals surface area contributed by atoms with E-state index in [1.807, 2.05) is 7.05 Å². The molecule has 1 aliphatic carbocycles. The van der Waals surface area contributed by atoms with Crippen molar-refractivity contribution in [1.29, 1.82) is 0 Å². The van der Waals surface area contributed by atoms with Crippen LogP contribution in [0.15, 0.2) is 0 Å². The number of likely N-dealkylation sites (N-methyl/N-ethyl adjacent to an activating group) is 1. The number of nitrogens with one attached hydrogen (secondary N) is 1. The number of rotatable bonds is 6. The molecule has 2 atom stereocenters. The monoisotopic (exact) mass is 213 g/mol. The SMILES string of the molecule is CCCCOC1(CNC)CCCC(C)C1. The van der Waals surface area contributed by atoms with Crippen molar-refractivity contribution in [1.82, 2.24) is 5.32 Å². The van der Waals surface area contributed by atoms with Crippen molar-refractivity contribution in [2.75, 3.05) is 20.2 Å². The van der Waals surface area contributed by atoms with Gasteiger partial charge in [-0.25, -0.2) is 0 Å². The van der Waals surface area contributed by atoms with Gasteiger partial charge in [-0.2, -0.15) is 0 Å². The molecule has 0 amide bonds. The van der Waals surface area contributed by atoms with Crippen LogP contribution in [-0.4, -0.2) is 25.8 Å². The largest absolute Gasteiger partial charge is 0.374 e. The van der Waals surface area contributed by atoms with Gasteiger partial charge in [0.25, 0.3) is 0 Å². The highest BCUT2D eigenvalue weighted by Crippen LogP contribution is 2.34. The molecule has 1 N–H and O–H groups in total. The van der Waals surface area contributed by atoms with Crippen molar-refractivity contribution in [3.8, 4) is 0 Å². The Morgan fingerprint density at radius 1 is 1.47 bits per heavy atom. The van der Waals surface area contributed by atoms with Gasteiger partial charge < -0.3 is 10.1 Å². The zero-order chi connectivity index (χ0) is 11.1. The van der Waals surface area contributed by atoms with Gasteiger partial charge in [-0.05, 0) is 32.2 Å². The minimum Gasteiger partial charge on any atom is -0.374 e. The third-order valence-electron chi connectivity index (χ3n) is 3.45. The van der Waals surface area contributed by atoms with E-state index in [-0.39, 0.29) is 5.60 Å². The molecule has 1 aliphatic rings. The van der Waals surface area contributed by atoms with Crippen LogP contribution >= 0.6 is 0 Å². The normalized spacial score (nSPS) is 31.8. The highest BCUT2D eigenvalue weighted by Gasteiger charge is 2.34. The molecule has 0 heterocycles. The van der Waals surface area contributed by atoms with Crippen LogP contribution in [0.25, 0.3) is 0 Å². The number of unbranched alkanes of at least 4 members (excludes halogenated alkanes) is 1. The lowest BCUT2D eigenvalue weighted by Crippen LogP contribution is -2.45. The Bertz CT molecular complexity index is 168. The van der Waals surface area contributed by atoms with Crippen LogP contribution in [0.3, 0.4) is 0 Å². The van der Waals surface area contributed by atoms with Crippen LogP contribution < -0.4 is 5.32 Å². The average molecular weight is 213 g/mol. The molecular formula is C13H27NO. The third kappa shape index (κ3) is 4.12. The van der Waals surface area contributed by atoms with Crippen LogP contribution in [0.1, 0.15) is 52.4 Å². The Morgan fingerprint density at radius 3 is 2.87 bits per heavy atom. The molecule has 90 valence electrons. The molecule has 2 unspecified atom stereocenters. The van der Waals surface area contributed by atoms with E-state index in [4.69, 9.17) is 4.74 Å². The molecule has 1 rings (SSSR count). The van der Waals surface area contributed by atoms with Crippen molar-refractivity contribution < 1.29 is 4.74 Å². The Hall–Kier alpha value is -0.0800. The standard InChI is InChI=1S/C13H27NO/c1-4-5-9-15-13(11-14-3)8-6-7-12(2)10-13/h12,14H,4-11H2,1-3H3. The van der Waals surface area contributed by atoms with E-state index in [1.165, 1.54) is 38.5 Å². The molecule has 0 bridgehead atoms. The van der Waals surface area contributed by atoms with Gasteiger partial charge in [0, 0.05) is 13.2 Å². The summed E-state index contributed by atoms with van der Waals surface area (Å²) < 4.78 is 6.16. The Kier molecular flexibility index (Phi) is 5.62. The fourth-order valence-corrected chi connectivity index (χ4v) is 2.71. The molecule has 0 aliphatic heterocycles. The van der Waals surface area contributed by atoms with Crippen molar-refractivity contribution in [2.45, 2.75) is 58.0 Å². The van der Waals surface area contributed by atoms with Crippen LogP contribution in [0, 0.1) is 5.92 Å². The molecule has 0 aromatic heterocycles. The maximum atomic E-state index is 6.16. The summed E-state index contributed by atoms with van der Waals surface area (Å²) in [6.45, 7) is 6.52. The lowest BCUT2D eigenvalue weighted by atomic mass is 9.78. The van der Waals surface area contributed by atoms with Crippen molar-refractivity contribution in [3.05, 3.63) is 0 Å². The summed E-state index contributed by atoms with van der Waals surface area (Å²) in [4.78, 5) is 0. The Morgan fingerprint density at radius 2 is 2.27 bits per heavy atom. The van der Waals surface area contributed by atoms with E-state index in [0.717, 1.165) is 19.1 Å². The number of hydrogen-bond donors (Lipinski definition) is 1. The fraction of sp³-hybridized carbons (Fsp3) is 1.00. The molecular weight excluding hydrogens is 186 g/mol. The summed E-state index contributed by atoms with van der Waals surface area (Å²) in [5.74, 6) is 0.828. The predicted octanol–water partition coefficient (Wildman–Crippen LogP) is 2.97. The van der Waals surface area contributed by atoms with Crippen molar-refractivity contribution in [2.24, 2.45) is 5.92 Å². The first kappa shape index (κ1) is 13.0. The molecule has 0 aromatic carbocycles. The lowest BCUT2D eigenvalue weighted by Gasteiger charge is -2.40. The maximum absolute atomic E-state index is 6.16. The first-order valence-electron chi connectivity index (χ1n) is 6.51. The summed E-state index contributed by atoms with van der Waals surface area (Å²) in [5.41, 5.74) is 0.140. The predicted molar refractivity (Wildman–Crippen MR) is 65.1 cm³/mol. The zero-order valence-electron chi connectivity index (χ0n) is 10.6. The van der Waals surface area contributed by atoms with Gasteiger partial charge in [0.05, 0.1) is 5.60 Å². The van der Waals surface area contributed by atoms with Crippen molar-refractivity contribution in [3.63, 3.8) is 0 Å². The quantitative estimate of drug-likeness (QED) is 0.685. The average Bonchev–Trinajstić information content (AvgIpc) is 2.18. The molecule has 0 aromatic rings. The summed E-state index contributed by atoms with van der Waals surface area (Å²) >= 11 is 0.